The fourth-order valence-corrected chi connectivity index (χ4v) is 8.44. The van der Waals surface area contributed by atoms with E-state index in [1.807, 2.05) is 6.92 Å². The van der Waals surface area contributed by atoms with E-state index in [9.17, 15) is 10.2 Å². The van der Waals surface area contributed by atoms with Crippen molar-refractivity contribution in [1.82, 2.24) is 4.90 Å². The van der Waals surface area contributed by atoms with Crippen LogP contribution in [0.4, 0.5) is 0 Å². The Kier molecular flexibility index (Phi) is 3.59. The quantitative estimate of drug-likeness (QED) is 0.746. The Hall–Kier alpha value is -1.56. The van der Waals surface area contributed by atoms with E-state index in [0.29, 0.717) is 11.8 Å². The van der Waals surface area contributed by atoms with Gasteiger partial charge >= 0.3 is 0 Å². The van der Waals surface area contributed by atoms with Crippen molar-refractivity contribution in [1.29, 1.82) is 0 Å². The average Bonchev–Trinajstić information content (AvgIpc) is 3.09. The number of aliphatic hydroxyl groups is 1. The van der Waals surface area contributed by atoms with Crippen LogP contribution in [0.2, 0.25) is 0 Å². The maximum Gasteiger partial charge on any atom is 0.165 e. The van der Waals surface area contributed by atoms with E-state index in [1.165, 1.54) is 11.1 Å². The molecule has 6 aliphatic rings. The molecule has 2 aliphatic heterocycles. The van der Waals surface area contributed by atoms with Crippen LogP contribution in [-0.2, 0) is 16.6 Å². The molecule has 0 amide bonds. The standard InChI is InChI=1S/C25H33NO4/c1-5-8-22(2,28)17-14-23-9-10-25(17,29-4)21-24(23)11-12-26(3)18(23)13-15-6-7-16(27)20(30-21)19(15)24/h6-7,9-10,17-18,21,27-28H,5,8,11-14H2,1-4H3/t17?,18-,21?,22?,23?,24+,25?/m1/s1. The summed E-state index contributed by atoms with van der Waals surface area (Å²) in [6.07, 6.45) is 8.86. The number of ether oxygens (including phenoxy) is 2. The van der Waals surface area contributed by atoms with Crippen LogP contribution in [0.1, 0.15) is 50.7 Å². The molecule has 1 saturated carbocycles. The first-order valence-electron chi connectivity index (χ1n) is 11.5. The number of likely N-dealkylation sites (N-methyl/N-ethyl adjacent to an activating group) is 1. The predicted octanol–water partition coefficient (Wildman–Crippen LogP) is 3.16. The van der Waals surface area contributed by atoms with Crippen LogP contribution >= 0.6 is 0 Å². The molecule has 0 radical (unpaired) electrons. The van der Waals surface area contributed by atoms with Crippen molar-refractivity contribution in [2.24, 2.45) is 11.3 Å². The zero-order chi connectivity index (χ0) is 21.1. The average molecular weight is 412 g/mol. The van der Waals surface area contributed by atoms with Crippen molar-refractivity contribution in [3.05, 3.63) is 35.4 Å². The normalized spacial score (nSPS) is 44.5. The van der Waals surface area contributed by atoms with Gasteiger partial charge in [0.25, 0.3) is 0 Å². The summed E-state index contributed by atoms with van der Waals surface area (Å²) in [5.74, 6) is 0.823. The van der Waals surface area contributed by atoms with E-state index in [-0.39, 0.29) is 28.6 Å². The largest absolute Gasteiger partial charge is 0.504 e. The zero-order valence-corrected chi connectivity index (χ0v) is 18.4. The van der Waals surface area contributed by atoms with E-state index in [0.717, 1.165) is 38.6 Å². The zero-order valence-electron chi connectivity index (χ0n) is 18.4. The van der Waals surface area contributed by atoms with Gasteiger partial charge in [0.2, 0.25) is 0 Å². The lowest BCUT2D eigenvalue weighted by Crippen LogP contribution is -2.80. The van der Waals surface area contributed by atoms with E-state index in [2.05, 4.69) is 37.1 Å². The topological polar surface area (TPSA) is 62.2 Å². The van der Waals surface area contributed by atoms with Crippen molar-refractivity contribution in [2.45, 2.75) is 74.7 Å². The number of hydrogen-bond acceptors (Lipinski definition) is 5. The first kappa shape index (κ1) is 19.1. The van der Waals surface area contributed by atoms with Crippen LogP contribution in [-0.4, -0.2) is 59.2 Å². The number of piperidine rings is 1. The van der Waals surface area contributed by atoms with Gasteiger partial charge in [-0.15, -0.1) is 0 Å². The summed E-state index contributed by atoms with van der Waals surface area (Å²) in [6, 6.07) is 4.23. The Labute approximate surface area is 178 Å². The number of aromatic hydroxyl groups is 1. The van der Waals surface area contributed by atoms with Crippen molar-refractivity contribution in [3.63, 3.8) is 0 Å². The Morgan fingerprint density at radius 1 is 1.33 bits per heavy atom. The molecule has 0 aromatic heterocycles. The third-order valence-electron chi connectivity index (χ3n) is 9.58. The highest BCUT2D eigenvalue weighted by molar-refractivity contribution is 5.65. The molecule has 4 bridgehead atoms. The molecule has 1 aromatic rings. The molecule has 5 unspecified atom stereocenters. The van der Waals surface area contributed by atoms with E-state index >= 15 is 0 Å². The van der Waals surface area contributed by atoms with Crippen molar-refractivity contribution in [3.8, 4) is 11.5 Å². The molecule has 162 valence electrons. The molecular formula is C25H33NO4. The van der Waals surface area contributed by atoms with E-state index in [4.69, 9.17) is 9.47 Å². The molecule has 2 fully saturated rings. The van der Waals surface area contributed by atoms with Crippen LogP contribution in [0.5, 0.6) is 11.5 Å². The van der Waals surface area contributed by atoms with Gasteiger partial charge in [-0.1, -0.05) is 31.6 Å². The summed E-state index contributed by atoms with van der Waals surface area (Å²) in [5.41, 5.74) is 0.625. The Morgan fingerprint density at radius 2 is 2.13 bits per heavy atom. The highest BCUT2D eigenvalue weighted by atomic mass is 16.6. The smallest absolute Gasteiger partial charge is 0.165 e. The van der Waals surface area contributed by atoms with Crippen molar-refractivity contribution >= 4 is 0 Å². The number of hydrogen-bond donors (Lipinski definition) is 2. The summed E-state index contributed by atoms with van der Waals surface area (Å²) in [7, 11) is 4.00. The summed E-state index contributed by atoms with van der Waals surface area (Å²) in [4.78, 5) is 2.51. The Balaban J connectivity index is 1.66. The molecular weight excluding hydrogens is 378 g/mol. The van der Waals surface area contributed by atoms with Crippen LogP contribution in [0.15, 0.2) is 24.3 Å². The second kappa shape index (κ2) is 5.62. The minimum atomic E-state index is -0.850. The van der Waals surface area contributed by atoms with Gasteiger partial charge in [-0.25, -0.2) is 0 Å². The van der Waals surface area contributed by atoms with Gasteiger partial charge in [-0.2, -0.15) is 0 Å². The molecule has 5 nitrogen and oxygen atoms in total. The Bertz CT molecular complexity index is 957. The first-order valence-corrected chi connectivity index (χ1v) is 11.5. The number of phenolic OH excluding ortho intramolecular Hbond substituents is 1. The van der Waals surface area contributed by atoms with Gasteiger partial charge in [-0.05, 0) is 57.8 Å². The summed E-state index contributed by atoms with van der Waals surface area (Å²) in [6.45, 7) is 5.11. The number of benzene rings is 1. The van der Waals surface area contributed by atoms with Crippen molar-refractivity contribution < 1.29 is 19.7 Å². The molecule has 1 saturated heterocycles. The molecule has 5 heteroatoms. The molecule has 2 N–H and O–H groups in total. The minimum absolute atomic E-state index is 0.0647. The number of phenols is 1. The third kappa shape index (κ3) is 1.80. The van der Waals surface area contributed by atoms with Gasteiger partial charge in [0, 0.05) is 30.0 Å². The van der Waals surface area contributed by atoms with Crippen LogP contribution < -0.4 is 4.74 Å². The third-order valence-corrected chi connectivity index (χ3v) is 9.58. The lowest BCUT2D eigenvalue weighted by atomic mass is 9.36. The number of methoxy groups -OCH3 is 1. The number of fused-ring (bicyclic) bond motifs is 1. The van der Waals surface area contributed by atoms with Crippen LogP contribution in [0.25, 0.3) is 0 Å². The number of likely N-dealkylation sites (tertiary alicyclic amines) is 1. The fourth-order valence-electron chi connectivity index (χ4n) is 8.44. The number of rotatable bonds is 4. The van der Waals surface area contributed by atoms with Gasteiger partial charge in [-0.3, -0.25) is 0 Å². The van der Waals surface area contributed by atoms with E-state index < -0.39 is 11.2 Å². The maximum atomic E-state index is 11.7. The second-order valence-corrected chi connectivity index (χ2v) is 10.7. The van der Waals surface area contributed by atoms with Gasteiger partial charge in [0.1, 0.15) is 11.7 Å². The molecule has 30 heavy (non-hydrogen) atoms. The van der Waals surface area contributed by atoms with Gasteiger partial charge < -0.3 is 24.6 Å². The first-order chi connectivity index (χ1) is 14.3. The highest BCUT2D eigenvalue weighted by Crippen LogP contribution is 2.75. The van der Waals surface area contributed by atoms with E-state index in [1.54, 1.807) is 13.2 Å². The molecule has 2 spiro atoms. The lowest BCUT2D eigenvalue weighted by Gasteiger charge is -2.72. The molecule has 4 aliphatic carbocycles. The molecule has 2 heterocycles. The molecule has 7 rings (SSSR count). The van der Waals surface area contributed by atoms with Crippen LogP contribution in [0.3, 0.4) is 0 Å². The maximum absolute atomic E-state index is 11.7. The summed E-state index contributed by atoms with van der Waals surface area (Å²) >= 11 is 0. The van der Waals surface area contributed by atoms with Crippen molar-refractivity contribution in [2.75, 3.05) is 20.7 Å². The van der Waals surface area contributed by atoms with Crippen LogP contribution in [0, 0.1) is 11.3 Å². The summed E-state index contributed by atoms with van der Waals surface area (Å²) in [5, 5.41) is 22.4. The molecule has 1 aromatic carbocycles. The highest BCUT2D eigenvalue weighted by Gasteiger charge is 2.80. The second-order valence-electron chi connectivity index (χ2n) is 10.7. The monoisotopic (exact) mass is 411 g/mol. The predicted molar refractivity (Wildman–Crippen MR) is 114 cm³/mol. The number of nitrogens with zero attached hydrogens (tertiary/aromatic N) is 1. The summed E-state index contributed by atoms with van der Waals surface area (Å²) < 4.78 is 13.1. The SMILES string of the molecule is CCCC(C)(O)C1CC23C=CC1(OC)C1Oc4c(O)ccc5c4[C@@]12CCN(C)[C@@H]3C5. The lowest BCUT2D eigenvalue weighted by molar-refractivity contribution is -0.247. The van der Waals surface area contributed by atoms with Gasteiger partial charge in [0.05, 0.1) is 11.0 Å². The minimum Gasteiger partial charge on any atom is -0.504 e. The van der Waals surface area contributed by atoms with Gasteiger partial charge in [0.15, 0.2) is 11.5 Å². The Morgan fingerprint density at radius 3 is 2.87 bits per heavy atom. The molecule has 7 atom stereocenters. The fraction of sp³-hybridized carbons (Fsp3) is 0.680.